The molecule has 0 atom stereocenters. The minimum absolute atomic E-state index is 0.221. The van der Waals surface area contributed by atoms with Crippen LogP contribution in [0.15, 0.2) is 16.6 Å². The van der Waals surface area contributed by atoms with Crippen LogP contribution in [0.1, 0.15) is 11.1 Å². The fourth-order valence-corrected chi connectivity index (χ4v) is 2.17. The lowest BCUT2D eigenvalue weighted by Crippen LogP contribution is -2.06. The molecule has 0 heterocycles. The lowest BCUT2D eigenvalue weighted by atomic mass is 10.1. The zero-order chi connectivity index (χ0) is 11.4. The molecule has 1 rings (SSSR count). The van der Waals surface area contributed by atoms with E-state index >= 15 is 0 Å². The molecule has 0 saturated heterocycles. The number of carbonyl (C=O) groups is 1. The van der Waals surface area contributed by atoms with Crippen LogP contribution in [0.5, 0.6) is 0 Å². The summed E-state index contributed by atoms with van der Waals surface area (Å²) >= 11 is 5.37. The maximum atomic E-state index is 11.1. The Morgan fingerprint density at radius 3 is 2.87 bits per heavy atom. The van der Waals surface area contributed by atoms with Crippen molar-refractivity contribution in [3.8, 4) is 6.07 Å². The van der Waals surface area contributed by atoms with Gasteiger partial charge in [-0.1, -0.05) is 0 Å². The van der Waals surface area contributed by atoms with Crippen LogP contribution in [0.2, 0.25) is 0 Å². The Morgan fingerprint density at radius 2 is 2.33 bits per heavy atom. The number of rotatable bonds is 2. The second kappa shape index (κ2) is 5.47. The van der Waals surface area contributed by atoms with E-state index in [4.69, 9.17) is 5.26 Å². The Kier molecular flexibility index (Phi) is 4.54. The normalized spacial score (nSPS) is 9.47. The Morgan fingerprint density at radius 1 is 1.67 bits per heavy atom. The molecule has 0 aromatic heterocycles. The van der Waals surface area contributed by atoms with Crippen LogP contribution in [-0.4, -0.2) is 13.1 Å². The average molecular weight is 380 g/mol. The summed E-state index contributed by atoms with van der Waals surface area (Å²) in [7, 11) is 1.36. The van der Waals surface area contributed by atoms with E-state index in [1.807, 2.05) is 0 Å². The average Bonchev–Trinajstić information content (AvgIpc) is 2.22. The number of ether oxygens (including phenoxy) is 1. The van der Waals surface area contributed by atoms with E-state index < -0.39 is 0 Å². The van der Waals surface area contributed by atoms with Gasteiger partial charge in [0.05, 0.1) is 19.1 Å². The molecule has 3 nitrogen and oxygen atoms in total. The van der Waals surface area contributed by atoms with E-state index in [-0.39, 0.29) is 12.4 Å². The molecule has 5 heteroatoms. The highest BCUT2D eigenvalue weighted by Gasteiger charge is 2.10. The van der Waals surface area contributed by atoms with E-state index in [1.54, 1.807) is 12.1 Å². The van der Waals surface area contributed by atoms with Gasteiger partial charge in [-0.05, 0) is 56.2 Å². The Labute approximate surface area is 110 Å². The number of halogens is 2. The molecule has 0 aliphatic heterocycles. The summed E-state index contributed by atoms with van der Waals surface area (Å²) in [6.07, 6.45) is 0.221. The lowest BCUT2D eigenvalue weighted by Gasteiger charge is -2.05. The van der Waals surface area contributed by atoms with Gasteiger partial charge < -0.3 is 4.74 Å². The summed E-state index contributed by atoms with van der Waals surface area (Å²) in [5.41, 5.74) is 1.42. The molecule has 0 N–H and O–H groups in total. The summed E-state index contributed by atoms with van der Waals surface area (Å²) in [4.78, 5) is 11.1. The first kappa shape index (κ1) is 12.5. The zero-order valence-electron chi connectivity index (χ0n) is 7.88. The highest BCUT2D eigenvalue weighted by Crippen LogP contribution is 2.23. The van der Waals surface area contributed by atoms with Crippen molar-refractivity contribution in [3.63, 3.8) is 0 Å². The van der Waals surface area contributed by atoms with Gasteiger partial charge in [-0.3, -0.25) is 4.79 Å². The van der Waals surface area contributed by atoms with Crippen molar-refractivity contribution in [2.24, 2.45) is 0 Å². The molecule has 0 amide bonds. The van der Waals surface area contributed by atoms with Gasteiger partial charge in [-0.25, -0.2) is 0 Å². The van der Waals surface area contributed by atoms with Crippen molar-refractivity contribution in [1.82, 2.24) is 0 Å². The predicted molar refractivity (Wildman–Crippen MR) is 67.3 cm³/mol. The van der Waals surface area contributed by atoms with E-state index in [1.165, 1.54) is 7.11 Å². The Balaban J connectivity index is 3.06. The maximum Gasteiger partial charge on any atom is 0.310 e. The number of carbonyl (C=O) groups excluding carboxylic acids is 1. The molecule has 0 bridgehead atoms. The van der Waals surface area contributed by atoms with E-state index in [0.29, 0.717) is 10.0 Å². The fraction of sp³-hybridized carbons (Fsp3) is 0.200. The second-order valence-electron chi connectivity index (χ2n) is 2.79. The molecule has 15 heavy (non-hydrogen) atoms. The number of nitrogens with zero attached hydrogens (tertiary/aromatic N) is 1. The second-order valence-corrected chi connectivity index (χ2v) is 4.80. The first-order valence-electron chi connectivity index (χ1n) is 4.03. The molecule has 1 aromatic carbocycles. The highest BCUT2D eigenvalue weighted by atomic mass is 127. The molecule has 0 radical (unpaired) electrons. The standard InChI is InChI=1S/C10H7BrINO2/c1-15-10(14)4-6-2-8(11)7(5-13)3-9(6)12/h2-3H,4H2,1H3. The van der Waals surface area contributed by atoms with Gasteiger partial charge in [0.25, 0.3) is 0 Å². The number of esters is 1. The largest absolute Gasteiger partial charge is 0.469 e. The Hall–Kier alpha value is -0.610. The molecule has 0 aliphatic carbocycles. The molecule has 1 aromatic rings. The zero-order valence-corrected chi connectivity index (χ0v) is 11.6. The SMILES string of the molecule is COC(=O)Cc1cc(Br)c(C#N)cc1I. The smallest absolute Gasteiger partial charge is 0.310 e. The third kappa shape index (κ3) is 3.18. The minimum atomic E-state index is -0.287. The molecule has 0 spiro atoms. The fourth-order valence-electron chi connectivity index (χ4n) is 1.04. The number of hydrogen-bond donors (Lipinski definition) is 0. The number of benzene rings is 1. The molecule has 0 saturated carbocycles. The van der Waals surface area contributed by atoms with Crippen molar-refractivity contribution in [1.29, 1.82) is 5.26 Å². The molecular formula is C10H7BrINO2. The molecule has 0 aliphatic rings. The molecule has 0 fully saturated rings. The van der Waals surface area contributed by atoms with Gasteiger partial charge >= 0.3 is 5.97 Å². The highest BCUT2D eigenvalue weighted by molar-refractivity contribution is 14.1. The molecule has 0 unspecified atom stereocenters. The van der Waals surface area contributed by atoms with Gasteiger partial charge in [0.15, 0.2) is 0 Å². The van der Waals surface area contributed by atoms with Crippen LogP contribution in [-0.2, 0) is 16.0 Å². The van der Waals surface area contributed by atoms with Crippen LogP contribution < -0.4 is 0 Å². The summed E-state index contributed by atoms with van der Waals surface area (Å²) in [5, 5.41) is 8.79. The topological polar surface area (TPSA) is 50.1 Å². The number of methoxy groups -OCH3 is 1. The van der Waals surface area contributed by atoms with Crippen molar-refractivity contribution in [2.45, 2.75) is 6.42 Å². The van der Waals surface area contributed by atoms with Gasteiger partial charge in [-0.15, -0.1) is 0 Å². The summed E-state index contributed by atoms with van der Waals surface area (Å²) in [6, 6.07) is 5.58. The first-order valence-corrected chi connectivity index (χ1v) is 5.90. The first-order chi connectivity index (χ1) is 7.08. The van der Waals surface area contributed by atoms with Gasteiger partial charge in [0.1, 0.15) is 6.07 Å². The quantitative estimate of drug-likeness (QED) is 0.586. The predicted octanol–water partition coefficient (Wildman–Crippen LogP) is 2.64. The summed E-state index contributed by atoms with van der Waals surface area (Å²) in [6.45, 7) is 0. The number of hydrogen-bond acceptors (Lipinski definition) is 3. The van der Waals surface area contributed by atoms with E-state index in [0.717, 1.165) is 9.13 Å². The van der Waals surface area contributed by atoms with Crippen LogP contribution in [0.25, 0.3) is 0 Å². The van der Waals surface area contributed by atoms with Gasteiger partial charge in [0, 0.05) is 8.04 Å². The van der Waals surface area contributed by atoms with E-state index in [9.17, 15) is 4.79 Å². The van der Waals surface area contributed by atoms with Crippen LogP contribution in [0.4, 0.5) is 0 Å². The van der Waals surface area contributed by atoms with Crippen molar-refractivity contribution >= 4 is 44.5 Å². The van der Waals surface area contributed by atoms with Crippen LogP contribution >= 0.6 is 38.5 Å². The van der Waals surface area contributed by atoms with Crippen LogP contribution in [0.3, 0.4) is 0 Å². The van der Waals surface area contributed by atoms with Crippen LogP contribution in [0, 0.1) is 14.9 Å². The monoisotopic (exact) mass is 379 g/mol. The maximum absolute atomic E-state index is 11.1. The molecular weight excluding hydrogens is 373 g/mol. The van der Waals surface area contributed by atoms with E-state index in [2.05, 4.69) is 49.3 Å². The van der Waals surface area contributed by atoms with Crippen molar-refractivity contribution in [3.05, 3.63) is 31.3 Å². The van der Waals surface area contributed by atoms with Gasteiger partial charge in [-0.2, -0.15) is 5.26 Å². The van der Waals surface area contributed by atoms with Gasteiger partial charge in [0.2, 0.25) is 0 Å². The third-order valence-electron chi connectivity index (χ3n) is 1.82. The summed E-state index contributed by atoms with van der Waals surface area (Å²) < 4.78 is 6.17. The van der Waals surface area contributed by atoms with Crippen molar-refractivity contribution in [2.75, 3.05) is 7.11 Å². The van der Waals surface area contributed by atoms with Crippen molar-refractivity contribution < 1.29 is 9.53 Å². The third-order valence-corrected chi connectivity index (χ3v) is 3.48. The lowest BCUT2D eigenvalue weighted by molar-refractivity contribution is -0.139. The Bertz CT molecular complexity index is 440. The summed E-state index contributed by atoms with van der Waals surface area (Å²) in [5.74, 6) is -0.287. The number of nitriles is 1. The minimum Gasteiger partial charge on any atom is -0.469 e. The molecule has 78 valence electrons.